The van der Waals surface area contributed by atoms with Gasteiger partial charge in [0.05, 0.1) is 5.56 Å². The van der Waals surface area contributed by atoms with Crippen LogP contribution in [-0.4, -0.2) is 61.1 Å². The maximum Gasteiger partial charge on any atom is 0.419 e. The fourth-order valence-electron chi connectivity index (χ4n) is 2.87. The molecule has 24 heavy (non-hydrogen) atoms. The molecule has 8 heteroatoms. The molecule has 0 spiro atoms. The molecule has 2 rings (SSSR count). The molecule has 1 aliphatic rings. The van der Waals surface area contributed by atoms with Crippen molar-refractivity contribution >= 4 is 5.82 Å². The lowest BCUT2D eigenvalue weighted by Crippen LogP contribution is -2.43. The molecular formula is C16H22F3N5. The van der Waals surface area contributed by atoms with E-state index in [1.54, 1.807) is 0 Å². The number of halogens is 3. The van der Waals surface area contributed by atoms with Crippen LogP contribution in [0.15, 0.2) is 12.1 Å². The van der Waals surface area contributed by atoms with Crippen LogP contribution in [0.1, 0.15) is 24.1 Å². The Morgan fingerprint density at radius 1 is 1.33 bits per heavy atom. The van der Waals surface area contributed by atoms with E-state index in [1.807, 2.05) is 0 Å². The third-order valence-electron chi connectivity index (χ3n) is 4.33. The summed E-state index contributed by atoms with van der Waals surface area (Å²) in [6.07, 6.45) is -2.33. The molecule has 5 nitrogen and oxygen atoms in total. The summed E-state index contributed by atoms with van der Waals surface area (Å²) in [6.45, 7) is 3.39. The van der Waals surface area contributed by atoms with Gasteiger partial charge in [0.25, 0.3) is 0 Å². The number of piperidine rings is 1. The molecule has 2 heterocycles. The van der Waals surface area contributed by atoms with Gasteiger partial charge in [0, 0.05) is 19.1 Å². The average molecular weight is 341 g/mol. The second-order valence-corrected chi connectivity index (χ2v) is 6.17. The molecule has 0 aliphatic carbocycles. The Morgan fingerprint density at radius 2 is 2.00 bits per heavy atom. The second kappa shape index (κ2) is 7.81. The molecule has 0 bridgehead atoms. The first kappa shape index (κ1) is 18.5. The zero-order valence-corrected chi connectivity index (χ0v) is 13.9. The van der Waals surface area contributed by atoms with E-state index in [0.29, 0.717) is 18.4 Å². The summed E-state index contributed by atoms with van der Waals surface area (Å²) in [5.41, 5.74) is -1.60. The highest BCUT2D eigenvalue weighted by Gasteiger charge is 2.34. The van der Waals surface area contributed by atoms with E-state index >= 15 is 0 Å². The molecule has 0 saturated carbocycles. The van der Waals surface area contributed by atoms with Crippen molar-refractivity contribution in [2.24, 2.45) is 0 Å². The zero-order chi connectivity index (χ0) is 17.7. The van der Waals surface area contributed by atoms with Gasteiger partial charge in [-0.05, 0) is 52.2 Å². The van der Waals surface area contributed by atoms with E-state index in [0.717, 1.165) is 38.5 Å². The summed E-state index contributed by atoms with van der Waals surface area (Å²) in [6, 6.07) is 4.29. The number of aromatic nitrogens is 1. The summed E-state index contributed by atoms with van der Waals surface area (Å²) >= 11 is 0. The Bertz CT molecular complexity index is 586. The number of nitrogens with zero attached hydrogens (tertiary/aromatic N) is 4. The normalized spacial score (nSPS) is 17.0. The molecule has 1 fully saturated rings. The van der Waals surface area contributed by atoms with Crippen molar-refractivity contribution in [1.82, 2.24) is 14.8 Å². The third kappa shape index (κ3) is 4.82. The van der Waals surface area contributed by atoms with Gasteiger partial charge in [0.15, 0.2) is 5.69 Å². The van der Waals surface area contributed by atoms with Gasteiger partial charge < -0.3 is 15.1 Å². The summed E-state index contributed by atoms with van der Waals surface area (Å²) in [5, 5.41) is 11.9. The molecule has 1 saturated heterocycles. The maximum atomic E-state index is 12.7. The van der Waals surface area contributed by atoms with E-state index in [4.69, 9.17) is 5.26 Å². The lowest BCUT2D eigenvalue weighted by Gasteiger charge is -2.35. The maximum absolute atomic E-state index is 12.7. The van der Waals surface area contributed by atoms with E-state index < -0.39 is 17.4 Å². The summed E-state index contributed by atoms with van der Waals surface area (Å²) in [5.74, 6) is 0.294. The van der Waals surface area contributed by atoms with Crippen molar-refractivity contribution in [3.63, 3.8) is 0 Å². The first-order chi connectivity index (χ1) is 11.3. The van der Waals surface area contributed by atoms with Gasteiger partial charge in [-0.2, -0.15) is 18.4 Å². The summed E-state index contributed by atoms with van der Waals surface area (Å²) < 4.78 is 38.2. The quantitative estimate of drug-likeness (QED) is 0.891. The molecule has 0 aromatic carbocycles. The van der Waals surface area contributed by atoms with E-state index in [9.17, 15) is 13.2 Å². The average Bonchev–Trinajstić information content (AvgIpc) is 2.54. The lowest BCUT2D eigenvalue weighted by atomic mass is 10.0. The molecule has 1 aromatic rings. The van der Waals surface area contributed by atoms with Crippen molar-refractivity contribution in [1.29, 1.82) is 5.26 Å². The Hall–Kier alpha value is -1.85. The molecule has 0 atom stereocenters. The van der Waals surface area contributed by atoms with Crippen LogP contribution in [-0.2, 0) is 6.18 Å². The number of alkyl halides is 3. The predicted molar refractivity (Wildman–Crippen MR) is 85.6 cm³/mol. The fourth-order valence-corrected chi connectivity index (χ4v) is 2.87. The highest BCUT2D eigenvalue weighted by molar-refractivity contribution is 5.44. The number of rotatable bonds is 5. The number of likely N-dealkylation sites (tertiary alicyclic amines) is 1. The van der Waals surface area contributed by atoms with E-state index in [1.165, 1.54) is 12.1 Å². The lowest BCUT2D eigenvalue weighted by molar-refractivity contribution is -0.138. The minimum absolute atomic E-state index is 0.294. The van der Waals surface area contributed by atoms with E-state index in [2.05, 4.69) is 34.2 Å². The minimum Gasteiger partial charge on any atom is -0.369 e. The van der Waals surface area contributed by atoms with Gasteiger partial charge in [-0.3, -0.25) is 0 Å². The number of nitrogens with one attached hydrogen (secondary N) is 1. The number of anilines is 1. The van der Waals surface area contributed by atoms with Crippen LogP contribution in [0.5, 0.6) is 0 Å². The molecule has 132 valence electrons. The highest BCUT2D eigenvalue weighted by atomic mass is 19.4. The predicted octanol–water partition coefficient (Wildman–Crippen LogP) is 2.41. The Kier molecular flexibility index (Phi) is 6.02. The van der Waals surface area contributed by atoms with Gasteiger partial charge in [-0.25, -0.2) is 4.98 Å². The summed E-state index contributed by atoms with van der Waals surface area (Å²) in [7, 11) is 4.18. The molecular weight excluding hydrogens is 319 g/mol. The van der Waals surface area contributed by atoms with Crippen LogP contribution in [0.3, 0.4) is 0 Å². The topological polar surface area (TPSA) is 55.2 Å². The van der Waals surface area contributed by atoms with Crippen LogP contribution in [0.4, 0.5) is 19.0 Å². The molecule has 0 unspecified atom stereocenters. The first-order valence-electron chi connectivity index (χ1n) is 7.92. The van der Waals surface area contributed by atoms with Gasteiger partial charge >= 0.3 is 6.18 Å². The van der Waals surface area contributed by atoms with Crippen molar-refractivity contribution in [3.8, 4) is 6.07 Å². The Morgan fingerprint density at radius 3 is 2.54 bits per heavy atom. The van der Waals surface area contributed by atoms with Gasteiger partial charge in [-0.1, -0.05) is 0 Å². The Labute approximate surface area is 140 Å². The second-order valence-electron chi connectivity index (χ2n) is 6.17. The number of hydrogen-bond acceptors (Lipinski definition) is 5. The van der Waals surface area contributed by atoms with Crippen LogP contribution in [0, 0.1) is 11.3 Å². The molecule has 1 aliphatic heterocycles. The SMILES string of the molecule is CN(C)C1CCN(CCNc2ccc(C(F)(F)F)c(C#N)n2)CC1. The monoisotopic (exact) mass is 341 g/mol. The number of hydrogen-bond donors (Lipinski definition) is 1. The standard InChI is InChI=1S/C16H22F3N5/c1-23(2)12-5-8-24(9-6-12)10-7-21-15-4-3-13(16(17,18)19)14(11-20)22-15/h3-4,12H,5-10H2,1-2H3,(H,21,22). The smallest absolute Gasteiger partial charge is 0.369 e. The number of nitriles is 1. The van der Waals surface area contributed by atoms with Gasteiger partial charge in [0.2, 0.25) is 0 Å². The first-order valence-corrected chi connectivity index (χ1v) is 7.92. The van der Waals surface area contributed by atoms with Crippen LogP contribution in [0.25, 0.3) is 0 Å². The largest absolute Gasteiger partial charge is 0.419 e. The van der Waals surface area contributed by atoms with Gasteiger partial charge in [-0.15, -0.1) is 0 Å². The van der Waals surface area contributed by atoms with Crippen LogP contribution < -0.4 is 5.32 Å². The molecule has 1 aromatic heterocycles. The number of pyridine rings is 1. The van der Waals surface area contributed by atoms with Crippen molar-refractivity contribution in [2.75, 3.05) is 45.6 Å². The van der Waals surface area contributed by atoms with Gasteiger partial charge in [0.1, 0.15) is 11.9 Å². The van der Waals surface area contributed by atoms with Crippen molar-refractivity contribution in [3.05, 3.63) is 23.4 Å². The van der Waals surface area contributed by atoms with Crippen molar-refractivity contribution < 1.29 is 13.2 Å². The zero-order valence-electron chi connectivity index (χ0n) is 13.9. The molecule has 1 N–H and O–H groups in total. The summed E-state index contributed by atoms with van der Waals surface area (Å²) in [4.78, 5) is 8.32. The van der Waals surface area contributed by atoms with Crippen LogP contribution in [0.2, 0.25) is 0 Å². The molecule has 0 radical (unpaired) electrons. The fraction of sp³-hybridized carbons (Fsp3) is 0.625. The third-order valence-corrected chi connectivity index (χ3v) is 4.33. The highest BCUT2D eigenvalue weighted by Crippen LogP contribution is 2.31. The van der Waals surface area contributed by atoms with Crippen LogP contribution >= 0.6 is 0 Å². The Balaban J connectivity index is 1.84. The van der Waals surface area contributed by atoms with E-state index in [-0.39, 0.29) is 0 Å². The minimum atomic E-state index is -4.56. The van der Waals surface area contributed by atoms with Crippen molar-refractivity contribution in [2.45, 2.75) is 25.1 Å². The molecule has 0 amide bonds.